The predicted octanol–water partition coefficient (Wildman–Crippen LogP) is -1.51. The Hall–Kier alpha value is -3.05. The average Bonchev–Trinajstić information content (AvgIpc) is 2.92. The van der Waals surface area contributed by atoms with Gasteiger partial charge in [0.05, 0.1) is 25.2 Å². The van der Waals surface area contributed by atoms with Gasteiger partial charge in [0.15, 0.2) is 12.1 Å². The lowest BCUT2D eigenvalue weighted by Gasteiger charge is -2.45. The first kappa shape index (κ1) is 28.5. The maximum absolute atomic E-state index is 13.2. The molecule has 3 aliphatic heterocycles. The van der Waals surface area contributed by atoms with E-state index >= 15 is 0 Å². The molecule has 10 atom stereocenters. The minimum Gasteiger partial charge on any atom is -0.508 e. The third-order valence-electron chi connectivity index (χ3n) is 7.36. The van der Waals surface area contributed by atoms with Crippen LogP contribution in [0.5, 0.6) is 23.0 Å². The Labute approximate surface area is 226 Å². The van der Waals surface area contributed by atoms with Gasteiger partial charge in [-0.15, -0.1) is 0 Å². The van der Waals surface area contributed by atoms with E-state index in [1.807, 2.05) is 0 Å². The van der Waals surface area contributed by atoms with Crippen molar-refractivity contribution >= 4 is 5.78 Å². The van der Waals surface area contributed by atoms with Crippen LogP contribution in [0, 0.1) is 0 Å². The molecule has 9 N–H and O–H groups in total. The Morgan fingerprint density at radius 3 is 2.30 bits per heavy atom. The summed E-state index contributed by atoms with van der Waals surface area (Å²) in [6, 6.07) is 7.02. The molecule has 2 aromatic carbocycles. The first-order valence-corrected chi connectivity index (χ1v) is 12.5. The zero-order valence-corrected chi connectivity index (χ0v) is 20.8. The van der Waals surface area contributed by atoms with Crippen LogP contribution in [0.2, 0.25) is 0 Å². The number of phenols is 3. The second-order valence-electron chi connectivity index (χ2n) is 9.97. The molecule has 0 bridgehead atoms. The summed E-state index contributed by atoms with van der Waals surface area (Å²) in [4.78, 5) is 13.2. The number of ketones is 1. The lowest BCUT2D eigenvalue weighted by Crippen LogP contribution is -2.60. The SMILES string of the molecule is O=C1C[C@H](c2ccc(O)cc2)Oc2cc(O)c([C@@H]3O[C@H](CO)[C@H](O)[C@H](O)[C@@H]3O[C@@H]3OC[C@H](O)[C@@H](O)[C@H]3O)c(O)c21. The smallest absolute Gasteiger partial charge is 0.186 e. The van der Waals surface area contributed by atoms with Gasteiger partial charge < -0.3 is 64.9 Å². The lowest BCUT2D eigenvalue weighted by atomic mass is 9.87. The molecule has 0 aromatic heterocycles. The Kier molecular flexibility index (Phi) is 7.89. The molecule has 0 saturated carbocycles. The molecule has 2 saturated heterocycles. The largest absolute Gasteiger partial charge is 0.508 e. The van der Waals surface area contributed by atoms with Crippen LogP contribution in [0.3, 0.4) is 0 Å². The Bertz CT molecular complexity index is 1230. The summed E-state index contributed by atoms with van der Waals surface area (Å²) < 4.78 is 22.5. The van der Waals surface area contributed by atoms with Crippen LogP contribution in [-0.4, -0.2) is 114 Å². The van der Waals surface area contributed by atoms with Crippen LogP contribution in [0.25, 0.3) is 0 Å². The Balaban J connectivity index is 1.51. The summed E-state index contributed by atoms with van der Waals surface area (Å²) in [6.45, 7) is -1.22. The van der Waals surface area contributed by atoms with Crippen molar-refractivity contribution in [2.75, 3.05) is 13.2 Å². The quantitative estimate of drug-likeness (QED) is 0.200. The van der Waals surface area contributed by atoms with E-state index in [9.17, 15) is 50.8 Å². The van der Waals surface area contributed by atoms with E-state index in [1.54, 1.807) is 12.1 Å². The molecule has 2 aromatic rings. The maximum atomic E-state index is 13.2. The monoisotopic (exact) mass is 566 g/mol. The molecular weight excluding hydrogens is 536 g/mol. The molecule has 0 aliphatic carbocycles. The highest BCUT2D eigenvalue weighted by Gasteiger charge is 2.51. The second kappa shape index (κ2) is 11.1. The van der Waals surface area contributed by atoms with Gasteiger partial charge in [-0.1, -0.05) is 12.1 Å². The van der Waals surface area contributed by atoms with Crippen LogP contribution in [-0.2, 0) is 14.2 Å². The van der Waals surface area contributed by atoms with Crippen molar-refractivity contribution in [3.8, 4) is 23.0 Å². The van der Waals surface area contributed by atoms with Gasteiger partial charge in [-0.2, -0.15) is 0 Å². The fraction of sp³-hybridized carbons (Fsp3) is 0.500. The van der Waals surface area contributed by atoms with Gasteiger partial charge in [0.2, 0.25) is 0 Å². The number of aromatic hydroxyl groups is 3. The zero-order chi connectivity index (χ0) is 28.9. The predicted molar refractivity (Wildman–Crippen MR) is 130 cm³/mol. The molecule has 3 aliphatic rings. The summed E-state index contributed by atoms with van der Waals surface area (Å²) in [5.41, 5.74) is -0.164. The van der Waals surface area contributed by atoms with E-state index in [1.165, 1.54) is 12.1 Å². The van der Waals surface area contributed by atoms with Crippen molar-refractivity contribution in [1.82, 2.24) is 0 Å². The molecule has 40 heavy (non-hydrogen) atoms. The molecule has 5 rings (SSSR count). The molecule has 2 fully saturated rings. The highest BCUT2D eigenvalue weighted by Crippen LogP contribution is 2.50. The maximum Gasteiger partial charge on any atom is 0.186 e. The summed E-state index contributed by atoms with van der Waals surface area (Å²) in [5, 5.41) is 92.8. The highest BCUT2D eigenvalue weighted by molar-refractivity contribution is 6.03. The second-order valence-corrected chi connectivity index (χ2v) is 9.97. The number of aliphatic hydroxyl groups is 6. The van der Waals surface area contributed by atoms with Crippen LogP contribution < -0.4 is 4.74 Å². The first-order valence-electron chi connectivity index (χ1n) is 12.5. The van der Waals surface area contributed by atoms with Gasteiger partial charge in [0, 0.05) is 6.07 Å². The molecule has 3 heterocycles. The molecule has 0 unspecified atom stereocenters. The molecule has 14 heteroatoms. The minimum absolute atomic E-state index is 0.0146. The number of hydrogen-bond donors (Lipinski definition) is 9. The van der Waals surface area contributed by atoms with Gasteiger partial charge in [-0.25, -0.2) is 0 Å². The van der Waals surface area contributed by atoms with Crippen LogP contribution in [0.15, 0.2) is 30.3 Å². The van der Waals surface area contributed by atoms with Crippen molar-refractivity contribution < 1.29 is 69.7 Å². The van der Waals surface area contributed by atoms with E-state index in [0.717, 1.165) is 6.07 Å². The molecular formula is C26H30O14. The van der Waals surface area contributed by atoms with E-state index in [4.69, 9.17) is 18.9 Å². The van der Waals surface area contributed by atoms with Gasteiger partial charge in [-0.05, 0) is 17.7 Å². The van der Waals surface area contributed by atoms with Gasteiger partial charge >= 0.3 is 0 Å². The van der Waals surface area contributed by atoms with Crippen molar-refractivity contribution in [2.24, 2.45) is 0 Å². The Morgan fingerprint density at radius 2 is 1.62 bits per heavy atom. The normalized spacial score (nSPS) is 36.1. The van der Waals surface area contributed by atoms with E-state index in [0.29, 0.717) is 5.56 Å². The molecule has 0 amide bonds. The summed E-state index contributed by atoms with van der Waals surface area (Å²) in [6.07, 6.45) is -15.8. The summed E-state index contributed by atoms with van der Waals surface area (Å²) in [7, 11) is 0. The van der Waals surface area contributed by atoms with Crippen LogP contribution in [0.1, 0.15) is 40.1 Å². The molecule has 0 spiro atoms. The van der Waals surface area contributed by atoms with Crippen molar-refractivity contribution in [2.45, 2.75) is 67.6 Å². The first-order chi connectivity index (χ1) is 19.0. The Morgan fingerprint density at radius 1 is 0.925 bits per heavy atom. The van der Waals surface area contributed by atoms with Crippen LogP contribution in [0.4, 0.5) is 0 Å². The number of carbonyl (C=O) groups excluding carboxylic acids is 1. The fourth-order valence-electron chi connectivity index (χ4n) is 5.16. The highest BCUT2D eigenvalue weighted by atomic mass is 16.7. The number of carbonyl (C=O) groups is 1. The van der Waals surface area contributed by atoms with E-state index < -0.39 is 97.3 Å². The zero-order valence-electron chi connectivity index (χ0n) is 20.8. The van der Waals surface area contributed by atoms with Gasteiger partial charge in [-0.3, -0.25) is 4.79 Å². The average molecular weight is 567 g/mol. The number of ether oxygens (including phenoxy) is 4. The van der Waals surface area contributed by atoms with E-state index in [2.05, 4.69) is 0 Å². The van der Waals surface area contributed by atoms with Crippen LogP contribution >= 0.6 is 0 Å². The topological polar surface area (TPSA) is 236 Å². The lowest BCUT2D eigenvalue weighted by molar-refractivity contribution is -0.325. The summed E-state index contributed by atoms with van der Waals surface area (Å²) >= 11 is 0. The third-order valence-corrected chi connectivity index (χ3v) is 7.36. The number of hydrogen-bond acceptors (Lipinski definition) is 14. The number of phenolic OH excluding ortho intramolecular Hbond substituents is 3. The third kappa shape index (κ3) is 4.98. The number of rotatable bonds is 5. The molecule has 218 valence electrons. The van der Waals surface area contributed by atoms with Crippen molar-refractivity contribution in [3.05, 3.63) is 47.0 Å². The number of benzene rings is 2. The summed E-state index contributed by atoms with van der Waals surface area (Å²) in [5.74, 6) is -2.10. The van der Waals surface area contributed by atoms with E-state index in [-0.39, 0.29) is 23.5 Å². The van der Waals surface area contributed by atoms with Gasteiger partial charge in [0.25, 0.3) is 0 Å². The number of aliphatic hydroxyl groups excluding tert-OH is 6. The standard InChI is InChI=1S/C26H30O14/c27-7-16-20(33)22(35)25(40-26-23(36)19(32)13(31)8-37-26)24(39-16)18-12(30)6-15-17(21(18)34)11(29)5-14(38-15)9-1-3-10(28)4-2-9/h1-4,6,13-14,16,19-20,22-28,30-36H,5,7-8H2/t13-,14+,16+,19+,20-,22-,23+,24-,25-,26-/m0/s1. The molecule has 14 nitrogen and oxygen atoms in total. The fourth-order valence-corrected chi connectivity index (χ4v) is 5.16. The number of fused-ring (bicyclic) bond motifs is 1. The van der Waals surface area contributed by atoms with Crippen molar-refractivity contribution in [1.29, 1.82) is 0 Å². The molecule has 0 radical (unpaired) electrons. The van der Waals surface area contributed by atoms with Crippen molar-refractivity contribution in [3.63, 3.8) is 0 Å². The minimum atomic E-state index is -1.84. The van der Waals surface area contributed by atoms with Gasteiger partial charge in [0.1, 0.15) is 83.5 Å². The number of Topliss-reactive ketones (excluding diaryl/α,β-unsaturated/α-hetero) is 1.